The highest BCUT2D eigenvalue weighted by atomic mass is 35.5. The van der Waals surface area contributed by atoms with E-state index in [1.54, 1.807) is 7.05 Å². The monoisotopic (exact) mass is 479 g/mol. The van der Waals surface area contributed by atoms with Crippen molar-refractivity contribution >= 4 is 49.1 Å². The Morgan fingerprint density at radius 3 is 2.87 bits per heavy atom. The molecule has 3 aromatic rings. The molecule has 1 aliphatic rings. The van der Waals surface area contributed by atoms with Crippen LogP contribution in [0.2, 0.25) is 5.02 Å². The lowest BCUT2D eigenvalue weighted by molar-refractivity contribution is 0.0784. The third kappa shape index (κ3) is 5.07. The maximum absolute atomic E-state index is 12.9. The standard InChI is InChI=1S/C21H22ClN3O4S2/c1-25(13-20-24-17-6-2-3-7-18(17)30-20)21(26)14-8-9-16(22)19(11-14)31(27,28)23-12-15-5-4-10-29-15/h2-3,6-9,11,15,23H,4-5,10,12-13H2,1H3/t15-/m1/s1. The number of halogens is 1. The van der Waals surface area contributed by atoms with Crippen LogP contribution in [0.1, 0.15) is 28.2 Å². The summed E-state index contributed by atoms with van der Waals surface area (Å²) >= 11 is 7.67. The number of fused-ring (bicyclic) bond motifs is 1. The topological polar surface area (TPSA) is 88.6 Å². The molecule has 1 aliphatic heterocycles. The number of ether oxygens (including phenoxy) is 1. The van der Waals surface area contributed by atoms with Crippen LogP contribution in [0.25, 0.3) is 10.2 Å². The lowest BCUT2D eigenvalue weighted by Crippen LogP contribution is -2.32. The van der Waals surface area contributed by atoms with Crippen LogP contribution in [0.3, 0.4) is 0 Å². The van der Waals surface area contributed by atoms with Gasteiger partial charge in [0.25, 0.3) is 5.91 Å². The smallest absolute Gasteiger partial charge is 0.254 e. The molecule has 1 saturated heterocycles. The lowest BCUT2D eigenvalue weighted by Gasteiger charge is -2.17. The molecule has 1 aromatic heterocycles. The second-order valence-electron chi connectivity index (χ2n) is 7.37. The zero-order chi connectivity index (χ0) is 22.0. The number of rotatable bonds is 7. The summed E-state index contributed by atoms with van der Waals surface area (Å²) in [5, 5.41) is 0.863. The number of sulfonamides is 1. The first-order valence-corrected chi connectivity index (χ1v) is 12.5. The Labute approximate surface area is 190 Å². The van der Waals surface area contributed by atoms with Crippen molar-refractivity contribution in [1.29, 1.82) is 0 Å². The first-order valence-electron chi connectivity index (χ1n) is 9.84. The second kappa shape index (κ2) is 9.22. The Balaban J connectivity index is 1.49. The number of nitrogens with one attached hydrogen (secondary N) is 1. The van der Waals surface area contributed by atoms with Gasteiger partial charge in [0.1, 0.15) is 9.90 Å². The molecule has 0 bridgehead atoms. The van der Waals surface area contributed by atoms with Gasteiger partial charge >= 0.3 is 0 Å². The Morgan fingerprint density at radius 2 is 2.13 bits per heavy atom. The Kier molecular flexibility index (Phi) is 6.59. The number of benzene rings is 2. The van der Waals surface area contributed by atoms with Gasteiger partial charge in [-0.1, -0.05) is 23.7 Å². The summed E-state index contributed by atoms with van der Waals surface area (Å²) in [5.41, 5.74) is 1.13. The van der Waals surface area contributed by atoms with E-state index in [-0.39, 0.29) is 34.0 Å². The van der Waals surface area contributed by atoms with Crippen LogP contribution in [-0.4, -0.2) is 50.5 Å². The first kappa shape index (κ1) is 22.2. The van der Waals surface area contributed by atoms with E-state index >= 15 is 0 Å². The van der Waals surface area contributed by atoms with Gasteiger partial charge in [0.15, 0.2) is 0 Å². The van der Waals surface area contributed by atoms with E-state index in [4.69, 9.17) is 16.3 Å². The quantitative estimate of drug-likeness (QED) is 0.558. The maximum Gasteiger partial charge on any atom is 0.254 e. The predicted molar refractivity (Wildman–Crippen MR) is 121 cm³/mol. The molecule has 31 heavy (non-hydrogen) atoms. The molecular weight excluding hydrogens is 458 g/mol. The van der Waals surface area contributed by atoms with Gasteiger partial charge in [-0.2, -0.15) is 0 Å². The fourth-order valence-electron chi connectivity index (χ4n) is 3.41. The number of amides is 1. The molecule has 2 aromatic carbocycles. The van der Waals surface area contributed by atoms with E-state index in [1.165, 1.54) is 34.4 Å². The molecule has 0 spiro atoms. The van der Waals surface area contributed by atoms with Crippen LogP contribution >= 0.6 is 22.9 Å². The zero-order valence-corrected chi connectivity index (χ0v) is 19.3. The summed E-state index contributed by atoms with van der Waals surface area (Å²) in [6.45, 7) is 1.13. The van der Waals surface area contributed by atoms with Crippen molar-refractivity contribution in [3.8, 4) is 0 Å². The van der Waals surface area contributed by atoms with Gasteiger partial charge in [-0.05, 0) is 43.2 Å². The molecule has 0 saturated carbocycles. The Morgan fingerprint density at radius 1 is 1.32 bits per heavy atom. The van der Waals surface area contributed by atoms with Crippen molar-refractivity contribution in [2.75, 3.05) is 20.2 Å². The van der Waals surface area contributed by atoms with Crippen LogP contribution in [0.15, 0.2) is 47.4 Å². The molecule has 10 heteroatoms. The second-order valence-corrected chi connectivity index (χ2v) is 10.6. The number of para-hydroxylation sites is 1. The normalized spacial score (nSPS) is 16.6. The van der Waals surface area contributed by atoms with Crippen LogP contribution in [0, 0.1) is 0 Å². The van der Waals surface area contributed by atoms with E-state index < -0.39 is 10.0 Å². The molecule has 164 valence electrons. The first-order chi connectivity index (χ1) is 14.8. The molecule has 4 rings (SSSR count). The average molecular weight is 480 g/mol. The van der Waals surface area contributed by atoms with Crippen molar-refractivity contribution in [3.05, 3.63) is 58.1 Å². The summed E-state index contributed by atoms with van der Waals surface area (Å²) < 4.78 is 34.6. The molecule has 0 radical (unpaired) electrons. The zero-order valence-electron chi connectivity index (χ0n) is 16.9. The average Bonchev–Trinajstić information content (AvgIpc) is 3.41. The van der Waals surface area contributed by atoms with Crippen LogP contribution < -0.4 is 4.72 Å². The summed E-state index contributed by atoms with van der Waals surface area (Å²) in [6.07, 6.45) is 1.59. The minimum absolute atomic E-state index is 0.0604. The summed E-state index contributed by atoms with van der Waals surface area (Å²) in [5.74, 6) is -0.313. The number of nitrogens with zero attached hydrogens (tertiary/aromatic N) is 2. The summed E-state index contributed by atoms with van der Waals surface area (Å²) in [7, 11) is -2.22. The molecule has 0 aliphatic carbocycles. The maximum atomic E-state index is 12.9. The van der Waals surface area contributed by atoms with E-state index in [2.05, 4.69) is 9.71 Å². The number of hydrogen-bond donors (Lipinski definition) is 1. The highest BCUT2D eigenvalue weighted by Gasteiger charge is 2.24. The van der Waals surface area contributed by atoms with E-state index in [0.29, 0.717) is 13.2 Å². The van der Waals surface area contributed by atoms with E-state index in [9.17, 15) is 13.2 Å². The van der Waals surface area contributed by atoms with Gasteiger partial charge in [0.2, 0.25) is 10.0 Å². The molecular formula is C21H22ClN3O4S2. The van der Waals surface area contributed by atoms with Crippen molar-refractivity contribution in [3.63, 3.8) is 0 Å². The molecule has 1 amide bonds. The van der Waals surface area contributed by atoms with Crippen molar-refractivity contribution in [1.82, 2.24) is 14.6 Å². The van der Waals surface area contributed by atoms with Crippen molar-refractivity contribution in [2.24, 2.45) is 0 Å². The highest BCUT2D eigenvalue weighted by Crippen LogP contribution is 2.25. The fourth-order valence-corrected chi connectivity index (χ4v) is 6.02. The van der Waals surface area contributed by atoms with E-state index in [1.807, 2.05) is 24.3 Å². The van der Waals surface area contributed by atoms with Gasteiger partial charge < -0.3 is 9.64 Å². The Bertz CT molecular complexity index is 1170. The molecule has 1 atom stereocenters. The third-order valence-corrected chi connectivity index (χ3v) is 7.98. The fraction of sp³-hybridized carbons (Fsp3) is 0.333. The molecule has 1 N–H and O–H groups in total. The summed E-state index contributed by atoms with van der Waals surface area (Å²) in [6, 6.07) is 12.1. The van der Waals surface area contributed by atoms with Crippen molar-refractivity contribution < 1.29 is 17.9 Å². The number of thiazole rings is 1. The van der Waals surface area contributed by atoms with Crippen molar-refractivity contribution in [2.45, 2.75) is 30.4 Å². The number of aromatic nitrogens is 1. The predicted octanol–water partition coefficient (Wildman–Crippen LogP) is 3.68. The minimum atomic E-state index is -3.88. The van der Waals surface area contributed by atoms with Gasteiger partial charge in [-0.25, -0.2) is 18.1 Å². The SMILES string of the molecule is CN(Cc1nc2ccccc2s1)C(=O)c1ccc(Cl)c(S(=O)(=O)NC[C@H]2CCCO2)c1. The van der Waals surface area contributed by atoms with Gasteiger partial charge in [0, 0.05) is 25.8 Å². The Hall–Kier alpha value is -2.04. The van der Waals surface area contributed by atoms with E-state index in [0.717, 1.165) is 28.1 Å². The third-order valence-electron chi connectivity index (χ3n) is 5.05. The molecule has 0 unspecified atom stereocenters. The van der Waals surface area contributed by atoms with Gasteiger partial charge in [-0.15, -0.1) is 11.3 Å². The molecule has 2 heterocycles. The lowest BCUT2D eigenvalue weighted by atomic mass is 10.2. The number of hydrogen-bond acceptors (Lipinski definition) is 6. The number of carbonyl (C=O) groups is 1. The van der Waals surface area contributed by atoms with Gasteiger partial charge in [-0.3, -0.25) is 4.79 Å². The van der Waals surface area contributed by atoms with Crippen LogP contribution in [0.4, 0.5) is 0 Å². The molecule has 1 fully saturated rings. The van der Waals surface area contributed by atoms with Crippen LogP contribution in [-0.2, 0) is 21.3 Å². The molecule has 7 nitrogen and oxygen atoms in total. The summed E-state index contributed by atoms with van der Waals surface area (Å²) in [4.78, 5) is 18.9. The van der Waals surface area contributed by atoms with Gasteiger partial charge in [0.05, 0.1) is 27.9 Å². The van der Waals surface area contributed by atoms with Crippen LogP contribution in [0.5, 0.6) is 0 Å². The highest BCUT2D eigenvalue weighted by molar-refractivity contribution is 7.89. The minimum Gasteiger partial charge on any atom is -0.377 e. The largest absolute Gasteiger partial charge is 0.377 e. The number of carbonyl (C=O) groups excluding carboxylic acids is 1.